The molecule has 1 saturated carbocycles. The average molecular weight is 193 g/mol. The summed E-state index contributed by atoms with van der Waals surface area (Å²) in [5.74, 6) is 0.270. The number of aliphatic imine (C=N–C) groups is 1. The van der Waals surface area contributed by atoms with Crippen molar-refractivity contribution in [1.82, 2.24) is 10.2 Å². The van der Waals surface area contributed by atoms with Crippen molar-refractivity contribution in [3.63, 3.8) is 0 Å². The van der Waals surface area contributed by atoms with Crippen LogP contribution in [-0.4, -0.2) is 35.8 Å². The normalized spacial score (nSPS) is 28.3. The third-order valence-corrected chi connectivity index (χ3v) is 3.36. The molecule has 0 unspecified atom stereocenters. The van der Waals surface area contributed by atoms with Crippen molar-refractivity contribution in [2.24, 2.45) is 10.4 Å². The molecule has 1 saturated heterocycles. The summed E-state index contributed by atoms with van der Waals surface area (Å²) >= 11 is 0. The molecule has 0 aromatic heterocycles. The highest BCUT2D eigenvalue weighted by Gasteiger charge is 2.57. The lowest BCUT2D eigenvalue weighted by Crippen LogP contribution is -2.65. The molecule has 3 aliphatic rings. The Balaban J connectivity index is 2.00. The van der Waals surface area contributed by atoms with Gasteiger partial charge in [0, 0.05) is 6.54 Å². The molecular weight excluding hydrogens is 182 g/mol. The van der Waals surface area contributed by atoms with Crippen molar-refractivity contribution in [1.29, 1.82) is 0 Å². The maximum atomic E-state index is 12.0. The molecule has 74 valence electrons. The van der Waals surface area contributed by atoms with E-state index in [1.165, 1.54) is 0 Å². The van der Waals surface area contributed by atoms with Crippen LogP contribution in [-0.2, 0) is 9.59 Å². The summed E-state index contributed by atoms with van der Waals surface area (Å²) in [6.45, 7) is 1.23. The Hall–Kier alpha value is -1.39. The highest BCUT2D eigenvalue weighted by Crippen LogP contribution is 2.44. The smallest absolute Gasteiger partial charge is 0.245 e. The topological polar surface area (TPSA) is 61.8 Å². The van der Waals surface area contributed by atoms with Crippen LogP contribution in [0.4, 0.5) is 0 Å². The first-order valence-electron chi connectivity index (χ1n) is 4.92. The van der Waals surface area contributed by atoms with Crippen LogP contribution >= 0.6 is 0 Å². The van der Waals surface area contributed by atoms with Crippen molar-refractivity contribution < 1.29 is 9.59 Å². The summed E-state index contributed by atoms with van der Waals surface area (Å²) < 4.78 is 0. The Morgan fingerprint density at radius 3 is 2.79 bits per heavy atom. The van der Waals surface area contributed by atoms with E-state index in [1.807, 2.05) is 0 Å². The van der Waals surface area contributed by atoms with E-state index < -0.39 is 5.41 Å². The van der Waals surface area contributed by atoms with Crippen LogP contribution in [0.5, 0.6) is 0 Å². The minimum atomic E-state index is -0.733. The number of rotatable bonds is 0. The fourth-order valence-electron chi connectivity index (χ4n) is 2.30. The molecule has 0 radical (unpaired) electrons. The van der Waals surface area contributed by atoms with Gasteiger partial charge in [-0.3, -0.25) is 24.8 Å². The Labute approximate surface area is 81.2 Å². The molecule has 2 heterocycles. The SMILES string of the molecule is O=C1NC2=NCCN2C(=O)C12CCC2. The maximum absolute atomic E-state index is 12.0. The van der Waals surface area contributed by atoms with Crippen LogP contribution < -0.4 is 5.32 Å². The van der Waals surface area contributed by atoms with Crippen LogP contribution in [0.25, 0.3) is 0 Å². The molecule has 2 aliphatic heterocycles. The van der Waals surface area contributed by atoms with Gasteiger partial charge in [-0.1, -0.05) is 6.42 Å². The van der Waals surface area contributed by atoms with Gasteiger partial charge in [-0.05, 0) is 12.8 Å². The fourth-order valence-corrected chi connectivity index (χ4v) is 2.30. The second kappa shape index (κ2) is 2.34. The molecule has 0 aromatic rings. The molecular formula is C9H11N3O2. The third-order valence-electron chi connectivity index (χ3n) is 3.36. The summed E-state index contributed by atoms with van der Waals surface area (Å²) in [6.07, 6.45) is 2.36. The van der Waals surface area contributed by atoms with E-state index >= 15 is 0 Å². The summed E-state index contributed by atoms with van der Waals surface area (Å²) in [5, 5.41) is 2.72. The lowest BCUT2D eigenvalue weighted by atomic mass is 9.66. The lowest BCUT2D eigenvalue weighted by molar-refractivity contribution is -0.155. The molecule has 0 aromatic carbocycles. The molecule has 5 heteroatoms. The van der Waals surface area contributed by atoms with Crippen molar-refractivity contribution in [2.45, 2.75) is 19.3 Å². The molecule has 1 N–H and O–H groups in total. The standard InChI is InChI=1S/C9H11N3O2/c13-6-9(2-1-3-9)7(14)12-5-4-10-8(12)11-6/h1-5H2,(H,10,11,13). The number of carbonyl (C=O) groups excluding carboxylic acids is 2. The molecule has 3 rings (SSSR count). The third kappa shape index (κ3) is 0.731. The number of hydrogen-bond donors (Lipinski definition) is 1. The molecule has 0 bridgehead atoms. The van der Waals surface area contributed by atoms with E-state index in [-0.39, 0.29) is 11.8 Å². The Kier molecular flexibility index (Phi) is 1.33. The summed E-state index contributed by atoms with van der Waals surface area (Å²) in [5.41, 5.74) is -0.733. The second-order valence-corrected chi connectivity index (χ2v) is 4.05. The van der Waals surface area contributed by atoms with Gasteiger partial charge in [0.1, 0.15) is 5.41 Å². The Morgan fingerprint density at radius 1 is 1.36 bits per heavy atom. The predicted molar refractivity (Wildman–Crippen MR) is 48.4 cm³/mol. The quantitative estimate of drug-likeness (QED) is 0.526. The highest BCUT2D eigenvalue weighted by molar-refractivity contribution is 6.21. The number of carbonyl (C=O) groups is 2. The predicted octanol–water partition coefficient (Wildman–Crippen LogP) is -0.515. The van der Waals surface area contributed by atoms with Gasteiger partial charge in [-0.15, -0.1) is 0 Å². The molecule has 2 fully saturated rings. The van der Waals surface area contributed by atoms with Gasteiger partial charge in [0.25, 0.3) is 0 Å². The van der Waals surface area contributed by atoms with Crippen LogP contribution in [0.15, 0.2) is 4.99 Å². The van der Waals surface area contributed by atoms with Gasteiger partial charge in [-0.2, -0.15) is 0 Å². The first-order valence-corrected chi connectivity index (χ1v) is 4.92. The minimum absolute atomic E-state index is 0.0382. The van der Waals surface area contributed by atoms with Crippen molar-refractivity contribution in [2.75, 3.05) is 13.1 Å². The zero-order valence-corrected chi connectivity index (χ0v) is 7.75. The molecule has 1 aliphatic carbocycles. The van der Waals surface area contributed by atoms with Gasteiger partial charge in [-0.25, -0.2) is 0 Å². The molecule has 1 spiro atoms. The van der Waals surface area contributed by atoms with Gasteiger partial charge in [0.2, 0.25) is 17.8 Å². The molecule has 5 nitrogen and oxygen atoms in total. The van der Waals surface area contributed by atoms with E-state index in [4.69, 9.17) is 0 Å². The number of amides is 2. The Morgan fingerprint density at radius 2 is 2.14 bits per heavy atom. The largest absolute Gasteiger partial charge is 0.295 e. The number of hydrogen-bond acceptors (Lipinski definition) is 3. The van der Waals surface area contributed by atoms with Crippen LogP contribution in [0.2, 0.25) is 0 Å². The first-order chi connectivity index (χ1) is 6.74. The van der Waals surface area contributed by atoms with E-state index in [1.54, 1.807) is 4.90 Å². The maximum Gasteiger partial charge on any atom is 0.245 e. The van der Waals surface area contributed by atoms with Gasteiger partial charge in [0.15, 0.2) is 0 Å². The minimum Gasteiger partial charge on any atom is -0.295 e. The number of nitrogens with zero attached hydrogens (tertiary/aromatic N) is 2. The van der Waals surface area contributed by atoms with Crippen LogP contribution in [0, 0.1) is 5.41 Å². The first kappa shape index (κ1) is 7.96. The van der Waals surface area contributed by atoms with E-state index in [9.17, 15) is 9.59 Å². The van der Waals surface area contributed by atoms with E-state index in [2.05, 4.69) is 10.3 Å². The van der Waals surface area contributed by atoms with Gasteiger partial charge in [0.05, 0.1) is 6.54 Å². The number of nitrogens with one attached hydrogen (secondary N) is 1. The lowest BCUT2D eigenvalue weighted by Gasteiger charge is -2.44. The molecule has 14 heavy (non-hydrogen) atoms. The van der Waals surface area contributed by atoms with Crippen molar-refractivity contribution >= 4 is 17.8 Å². The number of guanidine groups is 1. The zero-order valence-electron chi connectivity index (χ0n) is 7.75. The van der Waals surface area contributed by atoms with Crippen molar-refractivity contribution in [3.8, 4) is 0 Å². The fraction of sp³-hybridized carbons (Fsp3) is 0.667. The van der Waals surface area contributed by atoms with Crippen molar-refractivity contribution in [3.05, 3.63) is 0 Å². The summed E-state index contributed by atoms with van der Waals surface area (Å²) in [6, 6.07) is 0. The van der Waals surface area contributed by atoms with Crippen LogP contribution in [0.1, 0.15) is 19.3 Å². The highest BCUT2D eigenvalue weighted by atomic mass is 16.2. The molecule has 2 amide bonds. The monoisotopic (exact) mass is 193 g/mol. The van der Waals surface area contributed by atoms with E-state index in [0.717, 1.165) is 6.42 Å². The number of fused-ring (bicyclic) bond motifs is 1. The zero-order chi connectivity index (χ0) is 9.76. The average Bonchev–Trinajstić information content (AvgIpc) is 2.49. The molecule has 0 atom stereocenters. The van der Waals surface area contributed by atoms with E-state index in [0.29, 0.717) is 31.9 Å². The Bertz CT molecular complexity index is 357. The van der Waals surface area contributed by atoms with Gasteiger partial charge >= 0.3 is 0 Å². The summed E-state index contributed by atoms with van der Waals surface area (Å²) in [4.78, 5) is 29.4. The van der Waals surface area contributed by atoms with Gasteiger partial charge < -0.3 is 0 Å². The van der Waals surface area contributed by atoms with Crippen LogP contribution in [0.3, 0.4) is 0 Å². The second-order valence-electron chi connectivity index (χ2n) is 4.05. The summed E-state index contributed by atoms with van der Waals surface area (Å²) in [7, 11) is 0.